The highest BCUT2D eigenvalue weighted by Gasteiger charge is 2.31. The van der Waals surface area contributed by atoms with Crippen molar-refractivity contribution in [1.82, 2.24) is 15.1 Å². The maximum Gasteiger partial charge on any atom is 0.317 e. The Balaban J connectivity index is 2.46. The SMILES string of the molecule is CCS(=O)(=O)CCNC(=O)N1CCN(C)C(C)C1C. The van der Waals surface area contributed by atoms with Gasteiger partial charge in [0.05, 0.1) is 5.75 Å². The topological polar surface area (TPSA) is 69.7 Å². The summed E-state index contributed by atoms with van der Waals surface area (Å²) < 4.78 is 22.7. The fourth-order valence-corrected chi connectivity index (χ4v) is 2.85. The monoisotopic (exact) mass is 291 g/mol. The summed E-state index contributed by atoms with van der Waals surface area (Å²) in [5.41, 5.74) is 0. The fourth-order valence-electron chi connectivity index (χ4n) is 2.15. The lowest BCUT2D eigenvalue weighted by atomic mass is 10.1. The number of hydrogen-bond acceptors (Lipinski definition) is 4. The van der Waals surface area contributed by atoms with E-state index in [1.165, 1.54) is 0 Å². The molecule has 2 amide bonds. The molecule has 1 fully saturated rings. The number of urea groups is 1. The van der Waals surface area contributed by atoms with Gasteiger partial charge in [0, 0.05) is 37.5 Å². The van der Waals surface area contributed by atoms with Gasteiger partial charge in [-0.15, -0.1) is 0 Å². The van der Waals surface area contributed by atoms with Crippen molar-refractivity contribution in [2.75, 3.05) is 38.2 Å². The second-order valence-corrected chi connectivity index (χ2v) is 7.60. The first-order valence-corrected chi connectivity index (χ1v) is 8.55. The number of carbonyl (C=O) groups is 1. The van der Waals surface area contributed by atoms with Crippen LogP contribution < -0.4 is 5.32 Å². The lowest BCUT2D eigenvalue weighted by Crippen LogP contribution is -2.59. The zero-order valence-corrected chi connectivity index (χ0v) is 13.0. The molecular weight excluding hydrogens is 266 g/mol. The molecule has 0 aromatic heterocycles. The predicted octanol–water partition coefficient (Wildman–Crippen LogP) is 0.155. The lowest BCUT2D eigenvalue weighted by Gasteiger charge is -2.43. The van der Waals surface area contributed by atoms with E-state index >= 15 is 0 Å². The molecule has 0 aromatic carbocycles. The molecule has 1 rings (SSSR count). The van der Waals surface area contributed by atoms with Gasteiger partial charge in [0.15, 0.2) is 9.84 Å². The molecule has 2 atom stereocenters. The Morgan fingerprint density at radius 1 is 1.26 bits per heavy atom. The molecule has 6 nitrogen and oxygen atoms in total. The van der Waals surface area contributed by atoms with Crippen molar-refractivity contribution in [1.29, 1.82) is 0 Å². The maximum atomic E-state index is 12.0. The Labute approximate surface area is 116 Å². The van der Waals surface area contributed by atoms with E-state index in [-0.39, 0.29) is 30.1 Å². The largest absolute Gasteiger partial charge is 0.337 e. The lowest BCUT2D eigenvalue weighted by molar-refractivity contribution is 0.0743. The first kappa shape index (κ1) is 16.2. The molecule has 7 heteroatoms. The zero-order valence-electron chi connectivity index (χ0n) is 12.2. The standard InChI is InChI=1S/C12H25N3O3S/c1-5-19(17,18)9-6-13-12(16)15-8-7-14(4)10(2)11(15)3/h10-11H,5-9H2,1-4H3,(H,13,16). The van der Waals surface area contributed by atoms with Gasteiger partial charge in [-0.05, 0) is 20.9 Å². The minimum Gasteiger partial charge on any atom is -0.337 e. The zero-order chi connectivity index (χ0) is 14.6. The van der Waals surface area contributed by atoms with Crippen molar-refractivity contribution in [2.24, 2.45) is 0 Å². The number of sulfone groups is 1. The minimum absolute atomic E-state index is 0.00686. The van der Waals surface area contributed by atoms with Gasteiger partial charge in [0.2, 0.25) is 0 Å². The summed E-state index contributed by atoms with van der Waals surface area (Å²) in [6.07, 6.45) is 0. The third-order valence-electron chi connectivity index (χ3n) is 3.97. The van der Waals surface area contributed by atoms with E-state index in [2.05, 4.69) is 17.1 Å². The fraction of sp³-hybridized carbons (Fsp3) is 0.917. The molecule has 0 aromatic rings. The van der Waals surface area contributed by atoms with E-state index in [0.717, 1.165) is 6.54 Å². The highest BCUT2D eigenvalue weighted by Crippen LogP contribution is 2.14. The molecule has 112 valence electrons. The summed E-state index contributed by atoms with van der Waals surface area (Å²) in [6, 6.07) is 0.263. The number of rotatable bonds is 4. The van der Waals surface area contributed by atoms with Crippen molar-refractivity contribution >= 4 is 15.9 Å². The Hall–Kier alpha value is -0.820. The second-order valence-electron chi connectivity index (χ2n) is 5.12. The first-order valence-electron chi connectivity index (χ1n) is 6.73. The van der Waals surface area contributed by atoms with E-state index in [4.69, 9.17) is 0 Å². The molecule has 2 unspecified atom stereocenters. The van der Waals surface area contributed by atoms with Gasteiger partial charge >= 0.3 is 6.03 Å². The van der Waals surface area contributed by atoms with Crippen molar-refractivity contribution < 1.29 is 13.2 Å². The van der Waals surface area contributed by atoms with Crippen LogP contribution in [0.5, 0.6) is 0 Å². The van der Waals surface area contributed by atoms with Crippen molar-refractivity contribution in [3.8, 4) is 0 Å². The molecule has 1 saturated heterocycles. The average Bonchev–Trinajstić information content (AvgIpc) is 2.35. The van der Waals surface area contributed by atoms with Crippen LogP contribution in [0.4, 0.5) is 4.79 Å². The van der Waals surface area contributed by atoms with Crippen LogP contribution in [0.2, 0.25) is 0 Å². The smallest absolute Gasteiger partial charge is 0.317 e. The normalized spacial score (nSPS) is 25.4. The first-order chi connectivity index (χ1) is 8.78. The number of amides is 2. The van der Waals surface area contributed by atoms with Crippen LogP contribution in [-0.4, -0.2) is 74.5 Å². The third-order valence-corrected chi connectivity index (χ3v) is 5.67. The van der Waals surface area contributed by atoms with Gasteiger partial charge in [-0.3, -0.25) is 4.90 Å². The molecule has 0 saturated carbocycles. The summed E-state index contributed by atoms with van der Waals surface area (Å²) in [6.45, 7) is 7.42. The highest BCUT2D eigenvalue weighted by molar-refractivity contribution is 7.91. The molecule has 1 heterocycles. The maximum absolute atomic E-state index is 12.0. The molecule has 0 spiro atoms. The van der Waals surface area contributed by atoms with Crippen LogP contribution in [0.25, 0.3) is 0 Å². The van der Waals surface area contributed by atoms with Gasteiger partial charge in [-0.1, -0.05) is 6.92 Å². The van der Waals surface area contributed by atoms with E-state index in [9.17, 15) is 13.2 Å². The number of likely N-dealkylation sites (N-methyl/N-ethyl adjacent to an activating group) is 1. The summed E-state index contributed by atoms with van der Waals surface area (Å²) in [5.74, 6) is 0.123. The van der Waals surface area contributed by atoms with Crippen LogP contribution in [-0.2, 0) is 9.84 Å². The molecule has 0 radical (unpaired) electrons. The van der Waals surface area contributed by atoms with Gasteiger partial charge < -0.3 is 10.2 Å². The quantitative estimate of drug-likeness (QED) is 0.801. The van der Waals surface area contributed by atoms with E-state index in [0.29, 0.717) is 12.6 Å². The highest BCUT2D eigenvalue weighted by atomic mass is 32.2. The van der Waals surface area contributed by atoms with Gasteiger partial charge in [-0.2, -0.15) is 0 Å². The van der Waals surface area contributed by atoms with Crippen molar-refractivity contribution in [3.63, 3.8) is 0 Å². The third kappa shape index (κ3) is 4.35. The van der Waals surface area contributed by atoms with Gasteiger partial charge in [-0.25, -0.2) is 13.2 Å². The van der Waals surface area contributed by atoms with Gasteiger partial charge in [0.1, 0.15) is 0 Å². The van der Waals surface area contributed by atoms with Crippen molar-refractivity contribution in [2.45, 2.75) is 32.9 Å². The number of hydrogen-bond donors (Lipinski definition) is 1. The van der Waals surface area contributed by atoms with Gasteiger partial charge in [0.25, 0.3) is 0 Å². The molecule has 19 heavy (non-hydrogen) atoms. The summed E-state index contributed by atoms with van der Waals surface area (Å²) in [4.78, 5) is 16.0. The number of nitrogens with zero attached hydrogens (tertiary/aromatic N) is 2. The molecule has 1 aliphatic rings. The Morgan fingerprint density at radius 3 is 2.47 bits per heavy atom. The molecule has 0 aliphatic carbocycles. The summed E-state index contributed by atoms with van der Waals surface area (Å²) in [5, 5.41) is 2.70. The van der Waals surface area contributed by atoms with Crippen LogP contribution >= 0.6 is 0 Å². The molecule has 1 N–H and O–H groups in total. The number of carbonyl (C=O) groups excluding carboxylic acids is 1. The van der Waals surface area contributed by atoms with E-state index in [1.807, 2.05) is 14.0 Å². The second kappa shape index (κ2) is 6.56. The predicted molar refractivity (Wildman–Crippen MR) is 76.0 cm³/mol. The summed E-state index contributed by atoms with van der Waals surface area (Å²) in [7, 11) is -0.975. The minimum atomic E-state index is -3.02. The van der Waals surface area contributed by atoms with Crippen LogP contribution in [0.15, 0.2) is 0 Å². The summed E-state index contributed by atoms with van der Waals surface area (Å²) >= 11 is 0. The molecule has 0 bridgehead atoms. The number of piperazine rings is 1. The molecule has 1 aliphatic heterocycles. The Bertz CT molecular complexity index is 410. The van der Waals surface area contributed by atoms with Crippen LogP contribution in [0, 0.1) is 0 Å². The van der Waals surface area contributed by atoms with E-state index < -0.39 is 9.84 Å². The molecular formula is C12H25N3O3S. The Morgan fingerprint density at radius 2 is 1.89 bits per heavy atom. The van der Waals surface area contributed by atoms with Crippen LogP contribution in [0.1, 0.15) is 20.8 Å². The average molecular weight is 291 g/mol. The van der Waals surface area contributed by atoms with Crippen LogP contribution in [0.3, 0.4) is 0 Å². The number of nitrogens with one attached hydrogen (secondary N) is 1. The van der Waals surface area contributed by atoms with Crippen molar-refractivity contribution in [3.05, 3.63) is 0 Å². The van der Waals surface area contributed by atoms with E-state index in [1.54, 1.807) is 11.8 Å². The Kier molecular flexibility index (Phi) is 5.61.